The Bertz CT molecular complexity index is 387. The van der Waals surface area contributed by atoms with Gasteiger partial charge in [-0.25, -0.2) is 0 Å². The summed E-state index contributed by atoms with van der Waals surface area (Å²) in [5, 5.41) is 0. The van der Waals surface area contributed by atoms with E-state index in [0.717, 1.165) is 38.4 Å². The van der Waals surface area contributed by atoms with Gasteiger partial charge in [0.05, 0.1) is 19.6 Å². The molecule has 0 aliphatic carbocycles. The zero-order valence-electron chi connectivity index (χ0n) is 9.89. The molecule has 1 fully saturated rings. The van der Waals surface area contributed by atoms with Gasteiger partial charge < -0.3 is 10.5 Å². The van der Waals surface area contributed by atoms with E-state index >= 15 is 0 Å². The van der Waals surface area contributed by atoms with Crippen LogP contribution in [0.4, 0.5) is 0 Å². The van der Waals surface area contributed by atoms with Gasteiger partial charge in [-0.3, -0.25) is 9.69 Å². The van der Waals surface area contributed by atoms with Gasteiger partial charge in [-0.05, 0) is 11.1 Å². The predicted molar refractivity (Wildman–Crippen MR) is 65.4 cm³/mol. The van der Waals surface area contributed by atoms with Gasteiger partial charge in [-0.15, -0.1) is 0 Å². The third kappa shape index (κ3) is 3.84. The number of nitrogens with two attached hydrogens (primary N) is 1. The molecule has 0 aromatic heterocycles. The van der Waals surface area contributed by atoms with Crippen molar-refractivity contribution >= 4 is 5.91 Å². The Morgan fingerprint density at radius 2 is 2.00 bits per heavy atom. The van der Waals surface area contributed by atoms with Crippen LogP contribution in [0.3, 0.4) is 0 Å². The Balaban J connectivity index is 1.97. The summed E-state index contributed by atoms with van der Waals surface area (Å²) in [7, 11) is 0. The van der Waals surface area contributed by atoms with E-state index in [2.05, 4.69) is 17.0 Å². The van der Waals surface area contributed by atoms with E-state index in [1.807, 2.05) is 12.1 Å². The fraction of sp³-hybridized carbons (Fsp3) is 0.462. The number of morpholine rings is 1. The minimum absolute atomic E-state index is 0.284. The first-order valence-electron chi connectivity index (χ1n) is 5.90. The van der Waals surface area contributed by atoms with Gasteiger partial charge in [0.15, 0.2) is 0 Å². The lowest BCUT2D eigenvalue weighted by Crippen LogP contribution is -2.35. The molecule has 1 aromatic rings. The molecule has 4 heteroatoms. The number of benzene rings is 1. The molecule has 1 heterocycles. The summed E-state index contributed by atoms with van der Waals surface area (Å²) in [5.41, 5.74) is 7.41. The van der Waals surface area contributed by atoms with Gasteiger partial charge in [-0.2, -0.15) is 0 Å². The maximum Gasteiger partial charge on any atom is 0.221 e. The second kappa shape index (κ2) is 5.80. The Morgan fingerprint density at radius 1 is 1.29 bits per heavy atom. The van der Waals surface area contributed by atoms with E-state index < -0.39 is 0 Å². The smallest absolute Gasteiger partial charge is 0.221 e. The van der Waals surface area contributed by atoms with E-state index in [1.54, 1.807) is 0 Å². The van der Waals surface area contributed by atoms with Crippen molar-refractivity contribution in [3.63, 3.8) is 0 Å². The minimum Gasteiger partial charge on any atom is -0.379 e. The maximum absolute atomic E-state index is 10.9. The summed E-state index contributed by atoms with van der Waals surface area (Å²) >= 11 is 0. The molecule has 4 nitrogen and oxygen atoms in total. The third-order valence-corrected chi connectivity index (χ3v) is 2.88. The molecule has 0 atom stereocenters. The highest BCUT2D eigenvalue weighted by Gasteiger charge is 2.10. The Hall–Kier alpha value is -1.39. The molecule has 0 spiro atoms. The lowest BCUT2D eigenvalue weighted by atomic mass is 10.1. The largest absolute Gasteiger partial charge is 0.379 e. The summed E-state index contributed by atoms with van der Waals surface area (Å²) in [4.78, 5) is 13.2. The first kappa shape index (κ1) is 12.1. The second-order valence-electron chi connectivity index (χ2n) is 4.35. The van der Waals surface area contributed by atoms with E-state index in [4.69, 9.17) is 10.5 Å². The zero-order chi connectivity index (χ0) is 12.1. The molecule has 1 aromatic carbocycles. The van der Waals surface area contributed by atoms with Crippen molar-refractivity contribution in [1.29, 1.82) is 0 Å². The maximum atomic E-state index is 10.9. The molecular weight excluding hydrogens is 216 g/mol. The van der Waals surface area contributed by atoms with Crippen LogP contribution in [-0.4, -0.2) is 37.1 Å². The van der Waals surface area contributed by atoms with Gasteiger partial charge >= 0.3 is 0 Å². The molecule has 1 aliphatic rings. The molecule has 0 saturated carbocycles. The molecule has 2 N–H and O–H groups in total. The molecule has 0 radical (unpaired) electrons. The van der Waals surface area contributed by atoms with Crippen molar-refractivity contribution in [3.8, 4) is 0 Å². The first-order chi connectivity index (χ1) is 8.24. The van der Waals surface area contributed by atoms with E-state index in [-0.39, 0.29) is 5.91 Å². The second-order valence-corrected chi connectivity index (χ2v) is 4.35. The Kier molecular flexibility index (Phi) is 4.12. The van der Waals surface area contributed by atoms with Crippen LogP contribution in [-0.2, 0) is 22.5 Å². The number of rotatable bonds is 4. The van der Waals surface area contributed by atoms with Crippen LogP contribution < -0.4 is 5.73 Å². The topological polar surface area (TPSA) is 55.6 Å². The number of nitrogens with zero attached hydrogens (tertiary/aromatic N) is 1. The normalized spacial score (nSPS) is 16.9. The van der Waals surface area contributed by atoms with Crippen LogP contribution in [0, 0.1) is 0 Å². The minimum atomic E-state index is -0.284. The van der Waals surface area contributed by atoms with Crippen LogP contribution in [0.1, 0.15) is 11.1 Å². The lowest BCUT2D eigenvalue weighted by molar-refractivity contribution is -0.117. The summed E-state index contributed by atoms with van der Waals surface area (Å²) in [6.45, 7) is 4.47. The van der Waals surface area contributed by atoms with Crippen molar-refractivity contribution in [2.75, 3.05) is 26.3 Å². The van der Waals surface area contributed by atoms with Crippen LogP contribution in [0.25, 0.3) is 0 Å². The Labute approximate surface area is 101 Å². The molecule has 1 amide bonds. The molecule has 0 bridgehead atoms. The number of hydrogen-bond acceptors (Lipinski definition) is 3. The van der Waals surface area contributed by atoms with Crippen LogP contribution >= 0.6 is 0 Å². The number of ether oxygens (including phenoxy) is 1. The highest BCUT2D eigenvalue weighted by Crippen LogP contribution is 2.10. The van der Waals surface area contributed by atoms with Crippen molar-refractivity contribution < 1.29 is 9.53 Å². The average molecular weight is 234 g/mol. The lowest BCUT2D eigenvalue weighted by Gasteiger charge is -2.26. The van der Waals surface area contributed by atoms with Crippen LogP contribution in [0.15, 0.2) is 24.3 Å². The SMILES string of the molecule is NC(=O)Cc1cccc(CN2CCOCC2)c1. The zero-order valence-corrected chi connectivity index (χ0v) is 9.89. The summed E-state index contributed by atoms with van der Waals surface area (Å²) in [6.07, 6.45) is 0.316. The van der Waals surface area contributed by atoms with E-state index in [9.17, 15) is 4.79 Å². The van der Waals surface area contributed by atoms with Crippen molar-refractivity contribution in [2.24, 2.45) is 5.73 Å². The summed E-state index contributed by atoms with van der Waals surface area (Å²) < 4.78 is 5.31. The molecule has 17 heavy (non-hydrogen) atoms. The van der Waals surface area contributed by atoms with Crippen molar-refractivity contribution in [3.05, 3.63) is 35.4 Å². The molecule has 2 rings (SSSR count). The number of hydrogen-bond donors (Lipinski definition) is 1. The monoisotopic (exact) mass is 234 g/mol. The fourth-order valence-electron chi connectivity index (χ4n) is 2.06. The van der Waals surface area contributed by atoms with Gasteiger partial charge in [0.1, 0.15) is 0 Å². The summed E-state index contributed by atoms with van der Waals surface area (Å²) in [5.74, 6) is -0.284. The van der Waals surface area contributed by atoms with Gasteiger partial charge in [-0.1, -0.05) is 24.3 Å². The standard InChI is InChI=1S/C13H18N2O2/c14-13(16)9-11-2-1-3-12(8-11)10-15-4-6-17-7-5-15/h1-3,8H,4-7,9-10H2,(H2,14,16). The van der Waals surface area contributed by atoms with E-state index in [1.165, 1.54) is 5.56 Å². The highest BCUT2D eigenvalue weighted by molar-refractivity contribution is 5.76. The van der Waals surface area contributed by atoms with Gasteiger partial charge in [0.2, 0.25) is 5.91 Å². The molecule has 92 valence electrons. The first-order valence-corrected chi connectivity index (χ1v) is 5.90. The van der Waals surface area contributed by atoms with Crippen LogP contribution in [0.5, 0.6) is 0 Å². The molecule has 1 saturated heterocycles. The summed E-state index contributed by atoms with van der Waals surface area (Å²) in [6, 6.07) is 8.06. The number of primary amides is 1. The molecular formula is C13H18N2O2. The van der Waals surface area contributed by atoms with Crippen molar-refractivity contribution in [1.82, 2.24) is 4.90 Å². The Morgan fingerprint density at radius 3 is 2.71 bits per heavy atom. The highest BCUT2D eigenvalue weighted by atomic mass is 16.5. The molecule has 1 aliphatic heterocycles. The number of amides is 1. The average Bonchev–Trinajstić information content (AvgIpc) is 2.30. The molecule has 0 unspecified atom stereocenters. The number of carbonyl (C=O) groups is 1. The van der Waals surface area contributed by atoms with Crippen molar-refractivity contribution in [2.45, 2.75) is 13.0 Å². The van der Waals surface area contributed by atoms with E-state index in [0.29, 0.717) is 6.42 Å². The van der Waals surface area contributed by atoms with Crippen LogP contribution in [0.2, 0.25) is 0 Å². The van der Waals surface area contributed by atoms with Gasteiger partial charge in [0, 0.05) is 19.6 Å². The third-order valence-electron chi connectivity index (χ3n) is 2.88. The quantitative estimate of drug-likeness (QED) is 0.827. The number of carbonyl (C=O) groups excluding carboxylic acids is 1. The van der Waals surface area contributed by atoms with Gasteiger partial charge in [0.25, 0.3) is 0 Å². The predicted octanol–water partition coefficient (Wildman–Crippen LogP) is 0.547. The fourth-order valence-corrected chi connectivity index (χ4v) is 2.06.